The molecule has 0 bridgehead atoms. The first-order valence-electron chi connectivity index (χ1n) is 6.09. The summed E-state index contributed by atoms with van der Waals surface area (Å²) in [6, 6.07) is 0. The van der Waals surface area contributed by atoms with Crippen LogP contribution >= 0.6 is 31.9 Å². The molecule has 5 atom stereocenters. The van der Waals surface area contributed by atoms with Crippen LogP contribution in [-0.4, -0.2) is 86.1 Å². The van der Waals surface area contributed by atoms with Gasteiger partial charge in [0.15, 0.2) is 12.4 Å². The molecule has 1 saturated heterocycles. The minimum atomic E-state index is -1.76. The second-order valence-electron chi connectivity index (χ2n) is 4.97. The summed E-state index contributed by atoms with van der Waals surface area (Å²) in [7, 11) is 0. The van der Waals surface area contributed by atoms with Crippen molar-refractivity contribution in [2.75, 3.05) is 23.9 Å². The van der Waals surface area contributed by atoms with E-state index in [2.05, 4.69) is 31.9 Å². The molecule has 0 aliphatic carbocycles. The Morgan fingerprint density at radius 1 is 1.14 bits per heavy atom. The Bertz CT molecular complexity index is 343. The molecule has 5 N–H and O–H groups in total. The van der Waals surface area contributed by atoms with E-state index in [0.717, 1.165) is 0 Å². The summed E-state index contributed by atoms with van der Waals surface area (Å²) in [6.45, 7) is -0.281. The Labute approximate surface area is 137 Å². The van der Waals surface area contributed by atoms with Crippen molar-refractivity contribution >= 4 is 37.8 Å². The fourth-order valence-electron chi connectivity index (χ4n) is 1.69. The summed E-state index contributed by atoms with van der Waals surface area (Å²) in [6.07, 6.45) is -8.19. The van der Waals surface area contributed by atoms with Crippen molar-refractivity contribution in [3.63, 3.8) is 0 Å². The molecule has 0 aromatic carbocycles. The Balaban J connectivity index is 2.75. The second kappa shape index (κ2) is 8.16. The largest absolute Gasteiger partial charge is 0.479 e. The van der Waals surface area contributed by atoms with Gasteiger partial charge in [-0.25, -0.2) is 4.79 Å². The zero-order chi connectivity index (χ0) is 16.2. The highest BCUT2D eigenvalue weighted by molar-refractivity contribution is 9.09. The average Bonchev–Trinajstić information content (AvgIpc) is 2.48. The molecule has 1 fully saturated rings. The molecular weight excluding hydrogens is 420 g/mol. The SMILES string of the molecule is O=C(O)[C@@H]1O[C@H](OCC(CO)(CBr)CBr)[C@@H](O)[C@H](O)[C@H]1O. The van der Waals surface area contributed by atoms with Crippen molar-refractivity contribution < 1.29 is 39.8 Å². The lowest BCUT2D eigenvalue weighted by Gasteiger charge is -2.40. The summed E-state index contributed by atoms with van der Waals surface area (Å²) in [5, 5.41) is 48.0. The van der Waals surface area contributed by atoms with Crippen LogP contribution in [-0.2, 0) is 14.3 Å². The van der Waals surface area contributed by atoms with Gasteiger partial charge in [0.05, 0.1) is 13.2 Å². The number of hydrogen-bond acceptors (Lipinski definition) is 7. The Morgan fingerprint density at radius 3 is 2.14 bits per heavy atom. The van der Waals surface area contributed by atoms with Gasteiger partial charge in [0.1, 0.15) is 18.3 Å². The topological polar surface area (TPSA) is 137 Å². The Kier molecular flexibility index (Phi) is 7.47. The van der Waals surface area contributed by atoms with E-state index in [0.29, 0.717) is 10.7 Å². The molecule has 1 aliphatic rings. The number of carbonyl (C=O) groups is 1. The molecule has 1 rings (SSSR count). The Hall–Kier alpha value is 0.190. The third-order valence-electron chi connectivity index (χ3n) is 3.27. The van der Waals surface area contributed by atoms with Gasteiger partial charge in [0.25, 0.3) is 0 Å². The van der Waals surface area contributed by atoms with Gasteiger partial charge in [0, 0.05) is 16.1 Å². The summed E-state index contributed by atoms with van der Waals surface area (Å²) in [5.74, 6) is -1.48. The molecule has 0 aromatic rings. The van der Waals surface area contributed by atoms with E-state index in [9.17, 15) is 25.2 Å². The predicted octanol–water partition coefficient (Wildman–Crippen LogP) is -1.34. The third kappa shape index (κ3) is 4.35. The number of alkyl halides is 2. The number of rotatable bonds is 7. The molecule has 8 nitrogen and oxygen atoms in total. The van der Waals surface area contributed by atoms with Gasteiger partial charge in [-0.2, -0.15) is 0 Å². The van der Waals surface area contributed by atoms with Crippen LogP contribution in [0.5, 0.6) is 0 Å². The van der Waals surface area contributed by atoms with Crippen LogP contribution in [0.1, 0.15) is 0 Å². The molecule has 1 aliphatic heterocycles. The van der Waals surface area contributed by atoms with Crippen LogP contribution in [0.4, 0.5) is 0 Å². The minimum Gasteiger partial charge on any atom is -0.479 e. The first-order valence-corrected chi connectivity index (χ1v) is 8.33. The van der Waals surface area contributed by atoms with Crippen LogP contribution in [0.15, 0.2) is 0 Å². The Morgan fingerprint density at radius 2 is 1.71 bits per heavy atom. The summed E-state index contributed by atoms with van der Waals surface area (Å²) >= 11 is 6.47. The van der Waals surface area contributed by atoms with Gasteiger partial charge < -0.3 is 35.0 Å². The predicted molar refractivity (Wildman–Crippen MR) is 77.4 cm³/mol. The van der Waals surface area contributed by atoms with Crippen LogP contribution < -0.4 is 0 Å². The zero-order valence-electron chi connectivity index (χ0n) is 10.9. The van der Waals surface area contributed by atoms with Gasteiger partial charge in [-0.05, 0) is 0 Å². The lowest BCUT2D eigenvalue weighted by atomic mass is 9.95. The number of aliphatic hydroxyl groups excluding tert-OH is 4. The molecule has 0 amide bonds. The van der Waals surface area contributed by atoms with Gasteiger partial charge >= 0.3 is 5.97 Å². The van der Waals surface area contributed by atoms with E-state index in [1.54, 1.807) is 0 Å². The molecule has 0 saturated carbocycles. The number of aliphatic hydroxyl groups is 4. The van der Waals surface area contributed by atoms with E-state index in [4.69, 9.17) is 14.6 Å². The summed E-state index contributed by atoms with van der Waals surface area (Å²) in [5.41, 5.74) is -0.692. The molecule has 1 heterocycles. The quantitative estimate of drug-likeness (QED) is 0.309. The number of halogens is 2. The van der Waals surface area contributed by atoms with Crippen molar-refractivity contribution in [1.82, 2.24) is 0 Å². The highest BCUT2D eigenvalue weighted by Gasteiger charge is 2.48. The van der Waals surface area contributed by atoms with Gasteiger partial charge in [-0.15, -0.1) is 0 Å². The number of ether oxygens (including phenoxy) is 2. The van der Waals surface area contributed by atoms with Crippen molar-refractivity contribution in [2.45, 2.75) is 30.7 Å². The summed E-state index contributed by atoms with van der Waals surface area (Å²) < 4.78 is 10.3. The molecule has 124 valence electrons. The second-order valence-corrected chi connectivity index (χ2v) is 6.09. The lowest BCUT2D eigenvalue weighted by Crippen LogP contribution is -2.60. The third-order valence-corrected chi connectivity index (χ3v) is 5.65. The van der Waals surface area contributed by atoms with Gasteiger partial charge in [0.2, 0.25) is 0 Å². The van der Waals surface area contributed by atoms with Crippen LogP contribution in [0.2, 0.25) is 0 Å². The highest BCUT2D eigenvalue weighted by atomic mass is 79.9. The van der Waals surface area contributed by atoms with Crippen molar-refractivity contribution in [2.24, 2.45) is 5.41 Å². The fraction of sp³-hybridized carbons (Fsp3) is 0.909. The van der Waals surface area contributed by atoms with E-state index in [1.165, 1.54) is 0 Å². The van der Waals surface area contributed by atoms with Gasteiger partial charge in [-0.1, -0.05) is 31.9 Å². The van der Waals surface area contributed by atoms with Crippen LogP contribution in [0, 0.1) is 5.41 Å². The van der Waals surface area contributed by atoms with E-state index >= 15 is 0 Å². The zero-order valence-corrected chi connectivity index (χ0v) is 14.1. The number of carboxylic acid groups (broad SMARTS) is 1. The maximum Gasteiger partial charge on any atom is 0.335 e. The molecule has 21 heavy (non-hydrogen) atoms. The smallest absolute Gasteiger partial charge is 0.335 e. The van der Waals surface area contributed by atoms with Gasteiger partial charge in [-0.3, -0.25) is 0 Å². The van der Waals surface area contributed by atoms with E-state index in [1.807, 2.05) is 0 Å². The van der Waals surface area contributed by atoms with Crippen molar-refractivity contribution in [1.29, 1.82) is 0 Å². The fourth-order valence-corrected chi connectivity index (χ4v) is 3.30. The molecule has 0 spiro atoms. The van der Waals surface area contributed by atoms with Crippen molar-refractivity contribution in [3.05, 3.63) is 0 Å². The highest BCUT2D eigenvalue weighted by Crippen LogP contribution is 2.27. The maximum absolute atomic E-state index is 10.9. The van der Waals surface area contributed by atoms with Crippen molar-refractivity contribution in [3.8, 4) is 0 Å². The van der Waals surface area contributed by atoms with E-state index < -0.39 is 42.1 Å². The first kappa shape index (κ1) is 19.2. The minimum absolute atomic E-state index is 0.0586. The monoisotopic (exact) mass is 436 g/mol. The lowest BCUT2D eigenvalue weighted by molar-refractivity contribution is -0.298. The maximum atomic E-state index is 10.9. The first-order chi connectivity index (χ1) is 9.81. The van der Waals surface area contributed by atoms with E-state index in [-0.39, 0.29) is 13.2 Å². The average molecular weight is 438 g/mol. The molecule has 10 heteroatoms. The molecule has 0 aromatic heterocycles. The van der Waals surface area contributed by atoms with Crippen LogP contribution in [0.25, 0.3) is 0 Å². The van der Waals surface area contributed by atoms with Crippen LogP contribution in [0.3, 0.4) is 0 Å². The number of hydrogen-bond donors (Lipinski definition) is 5. The normalized spacial score (nSPS) is 33.9. The molecular formula is C11H18Br2O8. The molecule has 0 unspecified atom stereocenters. The summed E-state index contributed by atoms with van der Waals surface area (Å²) in [4.78, 5) is 10.9. The molecule has 0 radical (unpaired) electrons. The number of aliphatic carboxylic acids is 1. The standard InChI is InChI=1S/C11H18Br2O8/c12-1-11(2-13,3-14)4-20-10-7(17)5(15)6(16)8(21-10)9(18)19/h5-8,10,14-17H,1-4H2,(H,18,19)/t5-,6-,7+,8-,10+/m1/s1. The number of carboxylic acids is 1.